The third kappa shape index (κ3) is 4.63. The van der Waals surface area contributed by atoms with Crippen LogP contribution in [0.4, 0.5) is 5.82 Å². The minimum absolute atomic E-state index is 0.600. The first-order chi connectivity index (χ1) is 9.13. The molecule has 0 aliphatic heterocycles. The molecule has 0 saturated heterocycles. The summed E-state index contributed by atoms with van der Waals surface area (Å²) in [6.45, 7) is 5.25. The van der Waals surface area contributed by atoms with Crippen LogP contribution in [0.2, 0.25) is 0 Å². The second-order valence-corrected chi connectivity index (χ2v) is 6.01. The predicted molar refractivity (Wildman–Crippen MR) is 83.3 cm³/mol. The smallest absolute Gasteiger partial charge is 0.145 e. The van der Waals surface area contributed by atoms with E-state index in [1.54, 1.807) is 0 Å². The second kappa shape index (κ2) is 6.66. The lowest BCUT2D eigenvalue weighted by Gasteiger charge is -2.05. The number of aromatic nitrogens is 2. The molecule has 2 N–H and O–H groups in total. The Labute approximate surface area is 119 Å². The van der Waals surface area contributed by atoms with Crippen molar-refractivity contribution in [2.24, 2.45) is 0 Å². The Morgan fingerprint density at radius 1 is 1.21 bits per heavy atom. The van der Waals surface area contributed by atoms with E-state index in [0.717, 1.165) is 24.5 Å². The molecular formula is C15H21N3S. The summed E-state index contributed by atoms with van der Waals surface area (Å²) in [5.74, 6) is 2.83. The fraction of sp³-hybridized carbons (Fsp3) is 0.400. The molecule has 0 aliphatic rings. The van der Waals surface area contributed by atoms with Gasteiger partial charge in [-0.15, -0.1) is 0 Å². The lowest BCUT2D eigenvalue weighted by atomic mass is 10.1. The Hall–Kier alpha value is -1.42. The molecule has 102 valence electrons. The van der Waals surface area contributed by atoms with Crippen molar-refractivity contribution in [3.63, 3.8) is 0 Å². The third-order valence-corrected chi connectivity index (χ3v) is 4.00. The highest BCUT2D eigenvalue weighted by Crippen LogP contribution is 2.16. The lowest BCUT2D eigenvalue weighted by molar-refractivity contribution is 0.608. The minimum atomic E-state index is 0.600. The van der Waals surface area contributed by atoms with Crippen LogP contribution >= 0.6 is 11.8 Å². The quantitative estimate of drug-likeness (QED) is 0.822. The first-order valence-corrected chi connectivity index (χ1v) is 7.73. The molecule has 0 atom stereocenters. The van der Waals surface area contributed by atoms with E-state index in [9.17, 15) is 0 Å². The highest BCUT2D eigenvalue weighted by atomic mass is 32.2. The van der Waals surface area contributed by atoms with Gasteiger partial charge in [-0.3, -0.25) is 4.68 Å². The SMILES string of the molecule is Cc1cc(C)cc(CSCCCn2ccc(N)n2)c1. The zero-order valence-electron chi connectivity index (χ0n) is 11.6. The number of hydrogen-bond acceptors (Lipinski definition) is 3. The maximum atomic E-state index is 5.58. The number of rotatable bonds is 6. The molecule has 3 nitrogen and oxygen atoms in total. The number of aryl methyl sites for hydroxylation is 3. The summed E-state index contributed by atoms with van der Waals surface area (Å²) >= 11 is 1.98. The highest BCUT2D eigenvalue weighted by molar-refractivity contribution is 7.98. The molecule has 2 rings (SSSR count). The number of thioether (sulfide) groups is 1. The Morgan fingerprint density at radius 2 is 1.95 bits per heavy atom. The van der Waals surface area contributed by atoms with Gasteiger partial charge in [0.15, 0.2) is 0 Å². The van der Waals surface area contributed by atoms with Crippen molar-refractivity contribution in [3.05, 3.63) is 47.2 Å². The fourth-order valence-corrected chi connectivity index (χ4v) is 3.05. The number of nitrogens with zero attached hydrogens (tertiary/aromatic N) is 2. The number of anilines is 1. The van der Waals surface area contributed by atoms with E-state index >= 15 is 0 Å². The van der Waals surface area contributed by atoms with E-state index in [0.29, 0.717) is 5.82 Å². The van der Waals surface area contributed by atoms with E-state index < -0.39 is 0 Å². The minimum Gasteiger partial charge on any atom is -0.382 e. The van der Waals surface area contributed by atoms with Gasteiger partial charge in [0, 0.05) is 18.5 Å². The summed E-state index contributed by atoms with van der Waals surface area (Å²) in [5, 5.41) is 4.17. The highest BCUT2D eigenvalue weighted by Gasteiger charge is 1.98. The summed E-state index contributed by atoms with van der Waals surface area (Å²) in [4.78, 5) is 0. The zero-order chi connectivity index (χ0) is 13.7. The molecule has 0 aliphatic carbocycles. The first kappa shape index (κ1) is 14.0. The predicted octanol–water partition coefficient (Wildman–Crippen LogP) is 3.41. The van der Waals surface area contributed by atoms with Crippen LogP contribution in [0.5, 0.6) is 0 Å². The lowest BCUT2D eigenvalue weighted by Crippen LogP contribution is -2.00. The normalized spacial score (nSPS) is 10.8. The fourth-order valence-electron chi connectivity index (χ4n) is 2.17. The van der Waals surface area contributed by atoms with E-state index in [4.69, 9.17) is 5.73 Å². The van der Waals surface area contributed by atoms with Crippen molar-refractivity contribution < 1.29 is 0 Å². The molecule has 19 heavy (non-hydrogen) atoms. The van der Waals surface area contributed by atoms with E-state index in [1.807, 2.05) is 28.7 Å². The number of nitrogens with two attached hydrogens (primary N) is 1. The summed E-state index contributed by atoms with van der Waals surface area (Å²) in [7, 11) is 0. The first-order valence-electron chi connectivity index (χ1n) is 6.57. The molecule has 0 amide bonds. The van der Waals surface area contributed by atoms with E-state index in [2.05, 4.69) is 37.1 Å². The molecule has 0 saturated carbocycles. The summed E-state index contributed by atoms with van der Waals surface area (Å²) in [6.07, 6.45) is 3.06. The van der Waals surface area contributed by atoms with Gasteiger partial charge in [0.05, 0.1) is 0 Å². The van der Waals surface area contributed by atoms with Gasteiger partial charge in [0.2, 0.25) is 0 Å². The van der Waals surface area contributed by atoms with Crippen molar-refractivity contribution in [1.82, 2.24) is 9.78 Å². The van der Waals surface area contributed by atoms with Gasteiger partial charge in [-0.2, -0.15) is 16.9 Å². The van der Waals surface area contributed by atoms with Crippen molar-refractivity contribution in [2.45, 2.75) is 32.6 Å². The number of nitrogen functional groups attached to an aromatic ring is 1. The third-order valence-electron chi connectivity index (χ3n) is 2.89. The molecule has 0 fully saturated rings. The van der Waals surface area contributed by atoms with Crippen molar-refractivity contribution in [2.75, 3.05) is 11.5 Å². The van der Waals surface area contributed by atoms with Gasteiger partial charge in [0.1, 0.15) is 5.82 Å². The molecule has 0 bridgehead atoms. The van der Waals surface area contributed by atoms with Gasteiger partial charge in [-0.05, 0) is 37.7 Å². The molecule has 0 unspecified atom stereocenters. The number of benzene rings is 1. The van der Waals surface area contributed by atoms with Crippen molar-refractivity contribution >= 4 is 17.6 Å². The zero-order valence-corrected chi connectivity index (χ0v) is 12.4. The largest absolute Gasteiger partial charge is 0.382 e. The molecular weight excluding hydrogens is 254 g/mol. The molecule has 1 aromatic carbocycles. The standard InChI is InChI=1S/C15H21N3S/c1-12-8-13(2)10-14(9-12)11-19-7-3-5-18-6-4-15(16)17-18/h4,6,8-10H,3,5,7,11H2,1-2H3,(H2,16,17). The van der Waals surface area contributed by atoms with E-state index in [1.165, 1.54) is 16.7 Å². The van der Waals surface area contributed by atoms with Crippen LogP contribution < -0.4 is 5.73 Å². The molecule has 1 aromatic heterocycles. The molecule has 0 radical (unpaired) electrons. The van der Waals surface area contributed by atoms with E-state index in [-0.39, 0.29) is 0 Å². The van der Waals surface area contributed by atoms with Gasteiger partial charge >= 0.3 is 0 Å². The van der Waals surface area contributed by atoms with Crippen LogP contribution in [0.1, 0.15) is 23.1 Å². The Bertz CT molecular complexity index is 514. The van der Waals surface area contributed by atoms with Gasteiger partial charge < -0.3 is 5.73 Å². The molecule has 1 heterocycles. The summed E-state index contributed by atoms with van der Waals surface area (Å²) in [5.41, 5.74) is 9.70. The van der Waals surface area contributed by atoms with Gasteiger partial charge in [-0.25, -0.2) is 0 Å². The van der Waals surface area contributed by atoms with Crippen LogP contribution in [-0.2, 0) is 12.3 Å². The maximum absolute atomic E-state index is 5.58. The van der Waals surface area contributed by atoms with Crippen LogP contribution in [-0.4, -0.2) is 15.5 Å². The van der Waals surface area contributed by atoms with Gasteiger partial charge in [-0.1, -0.05) is 29.3 Å². The monoisotopic (exact) mass is 275 g/mol. The number of hydrogen-bond donors (Lipinski definition) is 1. The summed E-state index contributed by atoms with van der Waals surface area (Å²) < 4.78 is 1.91. The average Bonchev–Trinajstić information content (AvgIpc) is 2.73. The molecule has 2 aromatic rings. The summed E-state index contributed by atoms with van der Waals surface area (Å²) in [6, 6.07) is 8.60. The van der Waals surface area contributed by atoms with Crippen LogP contribution in [0, 0.1) is 13.8 Å². The Kier molecular flexibility index (Phi) is 4.91. The average molecular weight is 275 g/mol. The second-order valence-electron chi connectivity index (χ2n) is 4.91. The van der Waals surface area contributed by atoms with Crippen molar-refractivity contribution in [3.8, 4) is 0 Å². The molecule has 4 heteroatoms. The maximum Gasteiger partial charge on any atom is 0.145 e. The van der Waals surface area contributed by atoms with Crippen LogP contribution in [0.25, 0.3) is 0 Å². The Balaban J connectivity index is 1.69. The topological polar surface area (TPSA) is 43.8 Å². The van der Waals surface area contributed by atoms with Crippen molar-refractivity contribution in [1.29, 1.82) is 0 Å². The molecule has 0 spiro atoms. The van der Waals surface area contributed by atoms with Gasteiger partial charge in [0.25, 0.3) is 0 Å². The Morgan fingerprint density at radius 3 is 2.58 bits per heavy atom. The van der Waals surface area contributed by atoms with Crippen LogP contribution in [0.3, 0.4) is 0 Å². The van der Waals surface area contributed by atoms with Crippen LogP contribution in [0.15, 0.2) is 30.5 Å².